The summed E-state index contributed by atoms with van der Waals surface area (Å²) in [5.74, 6) is 0.241. The van der Waals surface area contributed by atoms with Gasteiger partial charge in [0, 0.05) is 24.8 Å². The van der Waals surface area contributed by atoms with Gasteiger partial charge in [-0.1, -0.05) is 12.1 Å². The van der Waals surface area contributed by atoms with Crippen molar-refractivity contribution in [3.63, 3.8) is 0 Å². The number of likely N-dealkylation sites (tertiary alicyclic amines) is 1. The summed E-state index contributed by atoms with van der Waals surface area (Å²) in [6.45, 7) is 8.47. The number of hydrogen-bond donors (Lipinski definition) is 4. The van der Waals surface area contributed by atoms with Crippen LogP contribution in [0.5, 0.6) is 5.75 Å². The van der Waals surface area contributed by atoms with Crippen LogP contribution in [-0.2, 0) is 6.54 Å². The molecule has 1 fully saturated rings. The van der Waals surface area contributed by atoms with Gasteiger partial charge in [-0.25, -0.2) is 0 Å². The number of hydrogen-bond acceptors (Lipinski definition) is 7. The molecule has 2 aliphatic rings. The first-order chi connectivity index (χ1) is 14.0. The summed E-state index contributed by atoms with van der Waals surface area (Å²) >= 11 is 0. The first-order valence-corrected chi connectivity index (χ1v) is 10.5. The maximum absolute atomic E-state index is 10.3. The van der Waals surface area contributed by atoms with Crippen molar-refractivity contribution >= 4 is 11.4 Å². The molecule has 3 heterocycles. The van der Waals surface area contributed by atoms with Crippen molar-refractivity contribution in [2.24, 2.45) is 5.73 Å². The molecule has 1 saturated heterocycles. The molecule has 7 nitrogen and oxygen atoms in total. The van der Waals surface area contributed by atoms with Crippen molar-refractivity contribution in [3.05, 3.63) is 47.3 Å². The predicted molar refractivity (Wildman–Crippen MR) is 117 cm³/mol. The minimum atomic E-state index is -0.0288. The van der Waals surface area contributed by atoms with Gasteiger partial charge in [0.15, 0.2) is 6.29 Å². The van der Waals surface area contributed by atoms with Gasteiger partial charge in [-0.2, -0.15) is 0 Å². The van der Waals surface area contributed by atoms with E-state index in [0.29, 0.717) is 18.3 Å². The second kappa shape index (κ2) is 8.57. The van der Waals surface area contributed by atoms with Crippen LogP contribution in [0.1, 0.15) is 29.8 Å². The number of para-hydroxylation sites is 1. The zero-order valence-corrected chi connectivity index (χ0v) is 17.4. The molecule has 0 spiro atoms. The Morgan fingerprint density at radius 2 is 2.00 bits per heavy atom. The molecule has 0 saturated carbocycles. The number of aryl methyl sites for hydroxylation is 2. The minimum Gasteiger partial charge on any atom is -0.506 e. The molecule has 0 radical (unpaired) electrons. The van der Waals surface area contributed by atoms with E-state index in [1.165, 1.54) is 5.56 Å². The average Bonchev–Trinajstić information content (AvgIpc) is 3.05. The van der Waals surface area contributed by atoms with Crippen LogP contribution in [0, 0.1) is 13.8 Å². The van der Waals surface area contributed by atoms with Crippen LogP contribution in [0.3, 0.4) is 0 Å². The van der Waals surface area contributed by atoms with Crippen LogP contribution >= 0.6 is 0 Å². The van der Waals surface area contributed by atoms with E-state index in [-0.39, 0.29) is 12.0 Å². The number of anilines is 2. The summed E-state index contributed by atoms with van der Waals surface area (Å²) in [6, 6.07) is 10.4. The highest BCUT2D eigenvalue weighted by Gasteiger charge is 2.32. The van der Waals surface area contributed by atoms with Gasteiger partial charge in [0.2, 0.25) is 0 Å². The molecule has 156 valence electrons. The first kappa shape index (κ1) is 19.9. The summed E-state index contributed by atoms with van der Waals surface area (Å²) < 4.78 is 0. The molecule has 1 aromatic carbocycles. The third kappa shape index (κ3) is 4.32. The Hall–Kier alpha value is -2.35. The van der Waals surface area contributed by atoms with Crippen molar-refractivity contribution in [1.82, 2.24) is 15.2 Å². The lowest BCUT2D eigenvalue weighted by Crippen LogP contribution is -2.54. The van der Waals surface area contributed by atoms with Gasteiger partial charge in [0.25, 0.3) is 0 Å². The van der Waals surface area contributed by atoms with E-state index in [1.807, 2.05) is 13.0 Å². The maximum Gasteiger partial charge on any atom is 0.156 e. The quantitative estimate of drug-likeness (QED) is 0.595. The smallest absolute Gasteiger partial charge is 0.156 e. The Balaban J connectivity index is 1.53. The highest BCUT2D eigenvalue weighted by molar-refractivity contribution is 5.78. The summed E-state index contributed by atoms with van der Waals surface area (Å²) in [5.41, 5.74) is 10.8. The molecule has 4 rings (SSSR count). The number of aromatic nitrogens is 1. The van der Waals surface area contributed by atoms with Crippen LogP contribution < -0.4 is 21.3 Å². The van der Waals surface area contributed by atoms with Crippen molar-refractivity contribution in [1.29, 1.82) is 0 Å². The Morgan fingerprint density at radius 3 is 2.76 bits per heavy atom. The van der Waals surface area contributed by atoms with Gasteiger partial charge in [-0.15, -0.1) is 0 Å². The van der Waals surface area contributed by atoms with Gasteiger partial charge < -0.3 is 26.0 Å². The van der Waals surface area contributed by atoms with Gasteiger partial charge in [0.1, 0.15) is 11.4 Å². The molecule has 7 heteroatoms. The number of benzene rings is 1. The van der Waals surface area contributed by atoms with Crippen LogP contribution in [0.2, 0.25) is 0 Å². The number of rotatable bonds is 6. The molecule has 2 aromatic rings. The molecule has 0 bridgehead atoms. The van der Waals surface area contributed by atoms with Crippen molar-refractivity contribution in [3.8, 4) is 5.75 Å². The summed E-state index contributed by atoms with van der Waals surface area (Å²) in [7, 11) is 0. The number of nitrogens with one attached hydrogen (secondary N) is 2. The van der Waals surface area contributed by atoms with Crippen LogP contribution in [0.4, 0.5) is 11.4 Å². The van der Waals surface area contributed by atoms with E-state index >= 15 is 0 Å². The van der Waals surface area contributed by atoms with Gasteiger partial charge in [-0.3, -0.25) is 10.3 Å². The van der Waals surface area contributed by atoms with E-state index in [4.69, 9.17) is 5.73 Å². The minimum absolute atomic E-state index is 0.0288. The lowest BCUT2D eigenvalue weighted by Gasteiger charge is -2.36. The average molecular weight is 397 g/mol. The molecule has 2 aliphatic heterocycles. The second-order valence-corrected chi connectivity index (χ2v) is 8.13. The summed E-state index contributed by atoms with van der Waals surface area (Å²) in [5, 5.41) is 17.8. The number of aromatic hydroxyl groups is 1. The molecule has 5 N–H and O–H groups in total. The predicted octanol–water partition coefficient (Wildman–Crippen LogP) is 2.13. The Morgan fingerprint density at radius 1 is 1.21 bits per heavy atom. The van der Waals surface area contributed by atoms with E-state index in [1.54, 1.807) is 6.07 Å². The summed E-state index contributed by atoms with van der Waals surface area (Å²) in [4.78, 5) is 9.29. The largest absolute Gasteiger partial charge is 0.506 e. The molecule has 29 heavy (non-hydrogen) atoms. The third-order valence-electron chi connectivity index (χ3n) is 5.99. The van der Waals surface area contributed by atoms with E-state index < -0.39 is 0 Å². The lowest BCUT2D eigenvalue weighted by molar-refractivity contribution is 0.197. The zero-order chi connectivity index (χ0) is 20.4. The standard InChI is InChI=1S/C22H32N6O/c1-15-4-3-5-19-21(15)26-22(25-17-8-11-27(12-9-17)13-10-23)28(19)14-18-20(29)7-6-16(2)24-18/h3-7,17,22,25-26,29H,8-14,23H2,1-2H3. The highest BCUT2D eigenvalue weighted by Crippen LogP contribution is 2.38. The van der Waals surface area contributed by atoms with Crippen molar-refractivity contribution in [2.45, 2.75) is 45.6 Å². The zero-order valence-electron chi connectivity index (χ0n) is 17.4. The molecule has 0 aliphatic carbocycles. The summed E-state index contributed by atoms with van der Waals surface area (Å²) in [6.07, 6.45) is 2.18. The van der Waals surface area contributed by atoms with Crippen molar-refractivity contribution < 1.29 is 5.11 Å². The van der Waals surface area contributed by atoms with Gasteiger partial charge >= 0.3 is 0 Å². The fourth-order valence-corrected chi connectivity index (χ4v) is 4.35. The van der Waals surface area contributed by atoms with Crippen LogP contribution in [-0.4, -0.2) is 53.5 Å². The monoisotopic (exact) mass is 396 g/mol. The first-order valence-electron chi connectivity index (χ1n) is 10.5. The van der Waals surface area contributed by atoms with E-state index in [9.17, 15) is 5.11 Å². The number of fused-ring (bicyclic) bond motifs is 1. The third-order valence-corrected chi connectivity index (χ3v) is 5.99. The SMILES string of the molecule is Cc1ccc(O)c(CN2c3cccc(C)c3NC2NC2CCN(CCN)CC2)n1. The molecule has 1 atom stereocenters. The fourth-order valence-electron chi connectivity index (χ4n) is 4.35. The fraction of sp³-hybridized carbons (Fsp3) is 0.500. The number of nitrogens with two attached hydrogens (primary N) is 1. The maximum atomic E-state index is 10.3. The Labute approximate surface area is 172 Å². The molecule has 1 unspecified atom stereocenters. The van der Waals surface area contributed by atoms with Gasteiger partial charge in [0.05, 0.1) is 17.9 Å². The number of nitrogens with zero attached hydrogens (tertiary/aromatic N) is 3. The molecule has 1 aromatic heterocycles. The molecular formula is C22H32N6O. The van der Waals surface area contributed by atoms with Crippen LogP contribution in [0.25, 0.3) is 0 Å². The Kier molecular flexibility index (Phi) is 5.89. The number of pyridine rings is 1. The Bertz CT molecular complexity index is 849. The highest BCUT2D eigenvalue weighted by atomic mass is 16.3. The van der Waals surface area contributed by atoms with E-state index in [0.717, 1.165) is 56.1 Å². The topological polar surface area (TPSA) is 89.7 Å². The lowest BCUT2D eigenvalue weighted by atomic mass is 10.1. The molecular weight excluding hydrogens is 364 g/mol. The molecule has 0 amide bonds. The normalized spacial score (nSPS) is 20.0. The second-order valence-electron chi connectivity index (χ2n) is 8.13. The van der Waals surface area contributed by atoms with Crippen molar-refractivity contribution in [2.75, 3.05) is 36.4 Å². The van der Waals surface area contributed by atoms with E-state index in [2.05, 4.69) is 50.5 Å². The van der Waals surface area contributed by atoms with Gasteiger partial charge in [-0.05, 0) is 63.5 Å². The van der Waals surface area contributed by atoms with Crippen LogP contribution in [0.15, 0.2) is 30.3 Å². The number of piperidine rings is 1.